The molecule has 0 aliphatic carbocycles. The first-order valence-electron chi connectivity index (χ1n) is 14.5. The van der Waals surface area contributed by atoms with Gasteiger partial charge < -0.3 is 10.6 Å². The van der Waals surface area contributed by atoms with E-state index in [0.29, 0.717) is 18.4 Å². The number of rotatable bonds is 9. The molecule has 2 N–H and O–H groups in total. The van der Waals surface area contributed by atoms with E-state index in [1.807, 2.05) is 0 Å². The lowest BCUT2D eigenvalue weighted by molar-refractivity contribution is 0.831. The molecule has 0 fully saturated rings. The van der Waals surface area contributed by atoms with Gasteiger partial charge in [-0.25, -0.2) is 0 Å². The van der Waals surface area contributed by atoms with Crippen molar-refractivity contribution < 1.29 is 0 Å². The molecule has 3 heteroatoms. The number of pyridine rings is 1. The third-order valence-electron chi connectivity index (χ3n) is 7.97. The summed E-state index contributed by atoms with van der Waals surface area (Å²) >= 11 is 0. The first-order chi connectivity index (χ1) is 19.3. The normalized spacial score (nSPS) is 11.4. The average Bonchev–Trinajstić information content (AvgIpc) is 2.96. The van der Waals surface area contributed by atoms with Gasteiger partial charge in [0.1, 0.15) is 0 Å². The summed E-state index contributed by atoms with van der Waals surface area (Å²) in [6.45, 7) is 14.8. The van der Waals surface area contributed by atoms with Crippen LogP contribution >= 0.6 is 0 Å². The maximum atomic E-state index is 5.21. The molecule has 40 heavy (non-hydrogen) atoms. The minimum Gasteiger partial charge on any atom is -0.381 e. The van der Waals surface area contributed by atoms with Crippen LogP contribution in [0.3, 0.4) is 0 Å². The lowest BCUT2D eigenvalue weighted by Gasteiger charge is -2.21. The van der Waals surface area contributed by atoms with Crippen LogP contribution in [0.5, 0.6) is 0 Å². The van der Waals surface area contributed by atoms with Crippen molar-refractivity contribution in [3.05, 3.63) is 125 Å². The predicted octanol–water partition coefficient (Wildman–Crippen LogP) is 9.99. The van der Waals surface area contributed by atoms with Gasteiger partial charge in [0.2, 0.25) is 0 Å². The number of hydrogen-bond donors (Lipinski definition) is 2. The summed E-state index contributed by atoms with van der Waals surface area (Å²) < 4.78 is 0. The molecule has 0 atom stereocenters. The standard InChI is InChI=1S/C37H41N3/c1-24(2)31-16-11-17-32(25(3)4)37(31)39-23-30-14-10-19-35(40-30)36-29(21-20-28-13-7-8-15-33(28)36)22-38-34-18-9-12-26(5)27(34)6/h7-21,24-25,38-39H,22-23H2,1-6H3. The van der Waals surface area contributed by atoms with Crippen molar-refractivity contribution in [2.75, 3.05) is 10.6 Å². The second kappa shape index (κ2) is 12.0. The number of fused-ring (bicyclic) bond motifs is 1. The molecule has 5 rings (SSSR count). The highest BCUT2D eigenvalue weighted by Gasteiger charge is 2.15. The van der Waals surface area contributed by atoms with E-state index in [0.717, 1.165) is 17.9 Å². The van der Waals surface area contributed by atoms with Crippen molar-refractivity contribution in [2.24, 2.45) is 0 Å². The Kier molecular flexibility index (Phi) is 8.21. The number of para-hydroxylation sites is 1. The van der Waals surface area contributed by atoms with Crippen LogP contribution in [0.15, 0.2) is 91.0 Å². The molecular formula is C37H41N3. The largest absolute Gasteiger partial charge is 0.381 e. The van der Waals surface area contributed by atoms with Gasteiger partial charge >= 0.3 is 0 Å². The molecule has 5 aromatic rings. The lowest BCUT2D eigenvalue weighted by atomic mass is 9.92. The molecule has 204 valence electrons. The van der Waals surface area contributed by atoms with Crippen molar-refractivity contribution in [3.63, 3.8) is 0 Å². The molecule has 0 aliphatic rings. The van der Waals surface area contributed by atoms with Gasteiger partial charge in [-0.3, -0.25) is 4.98 Å². The van der Waals surface area contributed by atoms with E-state index in [9.17, 15) is 0 Å². The van der Waals surface area contributed by atoms with Gasteiger partial charge in [-0.05, 0) is 82.5 Å². The summed E-state index contributed by atoms with van der Waals surface area (Å²) in [5, 5.41) is 9.93. The Labute approximate surface area is 239 Å². The second-order valence-corrected chi connectivity index (χ2v) is 11.4. The number of anilines is 2. The van der Waals surface area contributed by atoms with Crippen LogP contribution in [0, 0.1) is 13.8 Å². The van der Waals surface area contributed by atoms with E-state index < -0.39 is 0 Å². The second-order valence-electron chi connectivity index (χ2n) is 11.4. The third-order valence-corrected chi connectivity index (χ3v) is 7.97. The Balaban J connectivity index is 1.50. The Bertz CT molecular complexity index is 1600. The fraction of sp³-hybridized carbons (Fsp3) is 0.270. The molecule has 3 nitrogen and oxygen atoms in total. The molecule has 1 heterocycles. The van der Waals surface area contributed by atoms with Gasteiger partial charge in [0, 0.05) is 23.5 Å². The summed E-state index contributed by atoms with van der Waals surface area (Å²) in [5.74, 6) is 0.895. The number of aromatic nitrogens is 1. The fourth-order valence-electron chi connectivity index (χ4n) is 5.55. The van der Waals surface area contributed by atoms with Crippen molar-refractivity contribution in [3.8, 4) is 11.3 Å². The summed E-state index contributed by atoms with van der Waals surface area (Å²) in [6.07, 6.45) is 0. The molecule has 1 aromatic heterocycles. The van der Waals surface area contributed by atoms with Gasteiger partial charge in [0.25, 0.3) is 0 Å². The molecule has 0 saturated carbocycles. The molecule has 0 unspecified atom stereocenters. The SMILES string of the molecule is Cc1cccc(NCc2ccc3ccccc3c2-c2cccc(CNc3c(C(C)C)cccc3C(C)C)n2)c1C. The molecule has 0 amide bonds. The molecular weight excluding hydrogens is 486 g/mol. The zero-order valence-corrected chi connectivity index (χ0v) is 24.7. The summed E-state index contributed by atoms with van der Waals surface area (Å²) in [7, 11) is 0. The van der Waals surface area contributed by atoms with E-state index >= 15 is 0 Å². The van der Waals surface area contributed by atoms with Crippen molar-refractivity contribution in [1.29, 1.82) is 0 Å². The molecule has 4 aromatic carbocycles. The topological polar surface area (TPSA) is 37.0 Å². The minimum atomic E-state index is 0.447. The van der Waals surface area contributed by atoms with Crippen molar-refractivity contribution in [1.82, 2.24) is 4.98 Å². The van der Waals surface area contributed by atoms with Crippen LogP contribution in [0.4, 0.5) is 11.4 Å². The molecule has 0 spiro atoms. The van der Waals surface area contributed by atoms with Gasteiger partial charge in [-0.2, -0.15) is 0 Å². The Morgan fingerprint density at radius 2 is 1.35 bits per heavy atom. The summed E-state index contributed by atoms with van der Waals surface area (Å²) in [6, 6.07) is 32.6. The number of aryl methyl sites for hydroxylation is 1. The number of benzene rings is 4. The molecule has 0 bridgehead atoms. The lowest BCUT2D eigenvalue weighted by Crippen LogP contribution is -2.09. The molecule has 0 aliphatic heterocycles. The fourth-order valence-corrected chi connectivity index (χ4v) is 5.55. The number of nitrogens with zero attached hydrogens (tertiary/aromatic N) is 1. The van der Waals surface area contributed by atoms with E-state index in [-0.39, 0.29) is 0 Å². The maximum Gasteiger partial charge on any atom is 0.0715 e. The first-order valence-corrected chi connectivity index (χ1v) is 14.5. The van der Waals surface area contributed by atoms with Gasteiger partial charge in [0.15, 0.2) is 0 Å². The quantitative estimate of drug-likeness (QED) is 0.200. The van der Waals surface area contributed by atoms with Crippen molar-refractivity contribution >= 4 is 22.1 Å². The predicted molar refractivity (Wildman–Crippen MR) is 172 cm³/mol. The Hall–Kier alpha value is -4.11. The monoisotopic (exact) mass is 527 g/mol. The summed E-state index contributed by atoms with van der Waals surface area (Å²) in [4.78, 5) is 5.21. The van der Waals surface area contributed by atoms with Gasteiger partial charge in [-0.1, -0.05) is 100 Å². The smallest absolute Gasteiger partial charge is 0.0715 e. The van der Waals surface area contributed by atoms with Crippen LogP contribution < -0.4 is 10.6 Å². The van der Waals surface area contributed by atoms with E-state index in [4.69, 9.17) is 4.98 Å². The Morgan fingerprint density at radius 1 is 0.650 bits per heavy atom. The first kappa shape index (κ1) is 27.5. The van der Waals surface area contributed by atoms with Crippen LogP contribution in [-0.2, 0) is 13.1 Å². The van der Waals surface area contributed by atoms with Gasteiger partial charge in [0.05, 0.1) is 17.9 Å². The van der Waals surface area contributed by atoms with E-state index in [1.165, 1.54) is 55.5 Å². The van der Waals surface area contributed by atoms with E-state index in [1.54, 1.807) is 0 Å². The third kappa shape index (κ3) is 5.74. The highest BCUT2D eigenvalue weighted by atomic mass is 14.9. The minimum absolute atomic E-state index is 0.447. The Morgan fingerprint density at radius 3 is 2.10 bits per heavy atom. The summed E-state index contributed by atoms with van der Waals surface area (Å²) in [5.41, 5.74) is 12.2. The highest BCUT2D eigenvalue weighted by molar-refractivity contribution is 5.97. The molecule has 0 saturated heterocycles. The molecule has 0 radical (unpaired) electrons. The maximum absolute atomic E-state index is 5.21. The van der Waals surface area contributed by atoms with E-state index in [2.05, 4.69) is 143 Å². The average molecular weight is 528 g/mol. The van der Waals surface area contributed by atoms with Crippen LogP contribution in [0.2, 0.25) is 0 Å². The van der Waals surface area contributed by atoms with Crippen molar-refractivity contribution in [2.45, 2.75) is 66.5 Å². The van der Waals surface area contributed by atoms with Crippen LogP contribution in [0.25, 0.3) is 22.0 Å². The highest BCUT2D eigenvalue weighted by Crippen LogP contribution is 2.34. The zero-order valence-electron chi connectivity index (χ0n) is 24.7. The zero-order chi connectivity index (χ0) is 28.2. The van der Waals surface area contributed by atoms with Crippen LogP contribution in [0.1, 0.15) is 73.0 Å². The van der Waals surface area contributed by atoms with Gasteiger partial charge in [-0.15, -0.1) is 0 Å². The van der Waals surface area contributed by atoms with Crippen LogP contribution in [-0.4, -0.2) is 4.98 Å². The number of hydrogen-bond acceptors (Lipinski definition) is 3. The number of nitrogens with one attached hydrogen (secondary N) is 2.